The van der Waals surface area contributed by atoms with Gasteiger partial charge in [0.2, 0.25) is 11.8 Å². The zero-order valence-electron chi connectivity index (χ0n) is 14.3. The van der Waals surface area contributed by atoms with Gasteiger partial charge in [-0.3, -0.25) is 9.59 Å². The van der Waals surface area contributed by atoms with Crippen LogP contribution in [0.1, 0.15) is 32.3 Å². The van der Waals surface area contributed by atoms with Crippen molar-refractivity contribution < 1.29 is 14.0 Å². The van der Waals surface area contributed by atoms with Gasteiger partial charge < -0.3 is 10.6 Å². The summed E-state index contributed by atoms with van der Waals surface area (Å²) in [6, 6.07) is 13.6. The quantitative estimate of drug-likeness (QED) is 0.861. The first kappa shape index (κ1) is 17.1. The SMILES string of the molecule is CC(C)(C(=O)Nc1ccc(F)c(NC(=O)C2CC2)c1)c1ccccc1. The van der Waals surface area contributed by atoms with E-state index in [-0.39, 0.29) is 23.4 Å². The average molecular weight is 340 g/mol. The van der Waals surface area contributed by atoms with Gasteiger partial charge in [0, 0.05) is 11.6 Å². The first-order chi connectivity index (χ1) is 11.9. The Balaban J connectivity index is 1.75. The molecule has 3 rings (SSSR count). The summed E-state index contributed by atoms with van der Waals surface area (Å²) in [7, 11) is 0. The molecule has 4 nitrogen and oxygen atoms in total. The molecule has 1 aliphatic rings. The lowest BCUT2D eigenvalue weighted by atomic mass is 9.83. The van der Waals surface area contributed by atoms with Crippen LogP contribution in [-0.2, 0) is 15.0 Å². The molecule has 25 heavy (non-hydrogen) atoms. The second-order valence-electron chi connectivity index (χ2n) is 6.90. The maximum absolute atomic E-state index is 13.9. The van der Waals surface area contributed by atoms with Crippen molar-refractivity contribution in [3.05, 3.63) is 59.9 Å². The summed E-state index contributed by atoms with van der Waals surface area (Å²) in [5, 5.41) is 5.40. The van der Waals surface area contributed by atoms with E-state index in [1.54, 1.807) is 0 Å². The minimum atomic E-state index is -0.743. The number of rotatable bonds is 5. The fourth-order valence-corrected chi connectivity index (χ4v) is 2.55. The van der Waals surface area contributed by atoms with Crippen molar-refractivity contribution in [3.8, 4) is 0 Å². The van der Waals surface area contributed by atoms with Gasteiger partial charge in [0.15, 0.2) is 0 Å². The van der Waals surface area contributed by atoms with E-state index >= 15 is 0 Å². The topological polar surface area (TPSA) is 58.2 Å². The van der Waals surface area contributed by atoms with Gasteiger partial charge in [-0.05, 0) is 50.5 Å². The van der Waals surface area contributed by atoms with Crippen molar-refractivity contribution in [2.45, 2.75) is 32.1 Å². The zero-order valence-corrected chi connectivity index (χ0v) is 14.3. The van der Waals surface area contributed by atoms with Crippen LogP contribution in [0.15, 0.2) is 48.5 Å². The van der Waals surface area contributed by atoms with Crippen molar-refractivity contribution in [3.63, 3.8) is 0 Å². The van der Waals surface area contributed by atoms with Crippen LogP contribution in [-0.4, -0.2) is 11.8 Å². The number of hydrogen-bond donors (Lipinski definition) is 2. The molecule has 2 amide bonds. The summed E-state index contributed by atoms with van der Waals surface area (Å²) >= 11 is 0. The summed E-state index contributed by atoms with van der Waals surface area (Å²) in [6.45, 7) is 3.66. The molecule has 1 aliphatic carbocycles. The van der Waals surface area contributed by atoms with Gasteiger partial charge in [-0.2, -0.15) is 0 Å². The Morgan fingerprint density at radius 3 is 2.36 bits per heavy atom. The first-order valence-electron chi connectivity index (χ1n) is 8.35. The number of nitrogens with one attached hydrogen (secondary N) is 2. The molecule has 0 atom stereocenters. The molecule has 0 saturated heterocycles. The van der Waals surface area contributed by atoms with E-state index in [2.05, 4.69) is 10.6 Å². The predicted molar refractivity (Wildman–Crippen MR) is 95.9 cm³/mol. The Labute approximate surface area is 146 Å². The maximum Gasteiger partial charge on any atom is 0.234 e. The molecular weight excluding hydrogens is 319 g/mol. The van der Waals surface area contributed by atoms with Gasteiger partial charge in [0.1, 0.15) is 5.82 Å². The molecule has 1 fully saturated rings. The van der Waals surface area contributed by atoms with Gasteiger partial charge in [-0.1, -0.05) is 30.3 Å². The fourth-order valence-electron chi connectivity index (χ4n) is 2.55. The number of benzene rings is 2. The van der Waals surface area contributed by atoms with Crippen LogP contribution in [0.25, 0.3) is 0 Å². The molecular formula is C20H21FN2O2. The Hall–Kier alpha value is -2.69. The molecule has 2 N–H and O–H groups in total. The van der Waals surface area contributed by atoms with E-state index in [0.29, 0.717) is 5.69 Å². The van der Waals surface area contributed by atoms with Crippen LogP contribution >= 0.6 is 0 Å². The van der Waals surface area contributed by atoms with Crippen molar-refractivity contribution in [2.24, 2.45) is 5.92 Å². The molecule has 0 spiro atoms. The monoisotopic (exact) mass is 340 g/mol. The summed E-state index contributed by atoms with van der Waals surface area (Å²) in [5.41, 5.74) is 0.679. The molecule has 0 aromatic heterocycles. The Kier molecular flexibility index (Phi) is 4.57. The largest absolute Gasteiger partial charge is 0.325 e. The number of anilines is 2. The van der Waals surface area contributed by atoms with Crippen molar-refractivity contribution in [1.29, 1.82) is 0 Å². The second kappa shape index (κ2) is 6.67. The fraction of sp³-hybridized carbons (Fsp3) is 0.300. The standard InChI is InChI=1S/C20H21FN2O2/c1-20(2,14-6-4-3-5-7-14)19(25)22-15-10-11-16(21)17(12-15)23-18(24)13-8-9-13/h3-7,10-13H,8-9H2,1-2H3,(H,22,25)(H,23,24). The van der Waals surface area contributed by atoms with Crippen LogP contribution in [0.2, 0.25) is 0 Å². The predicted octanol–water partition coefficient (Wildman–Crippen LogP) is 4.09. The van der Waals surface area contributed by atoms with Crippen molar-refractivity contribution in [2.75, 3.05) is 10.6 Å². The molecule has 0 aliphatic heterocycles. The van der Waals surface area contributed by atoms with E-state index in [1.165, 1.54) is 18.2 Å². The Bertz CT molecular complexity index is 799. The van der Waals surface area contributed by atoms with E-state index in [0.717, 1.165) is 18.4 Å². The molecule has 2 aromatic rings. The van der Waals surface area contributed by atoms with E-state index in [1.807, 2.05) is 44.2 Å². The lowest BCUT2D eigenvalue weighted by Crippen LogP contribution is -2.34. The number of halogens is 1. The van der Waals surface area contributed by atoms with Crippen LogP contribution < -0.4 is 10.6 Å². The molecule has 0 heterocycles. The number of hydrogen-bond acceptors (Lipinski definition) is 2. The number of carbonyl (C=O) groups is 2. The molecule has 0 bridgehead atoms. The van der Waals surface area contributed by atoms with Crippen molar-refractivity contribution >= 4 is 23.2 Å². The highest BCUT2D eigenvalue weighted by molar-refractivity contribution is 6.00. The van der Waals surface area contributed by atoms with Gasteiger partial charge in [-0.15, -0.1) is 0 Å². The number of amides is 2. The van der Waals surface area contributed by atoms with Gasteiger partial charge in [-0.25, -0.2) is 4.39 Å². The van der Waals surface area contributed by atoms with Gasteiger partial charge >= 0.3 is 0 Å². The molecule has 5 heteroatoms. The van der Waals surface area contributed by atoms with E-state index in [9.17, 15) is 14.0 Å². The highest BCUT2D eigenvalue weighted by atomic mass is 19.1. The maximum atomic E-state index is 13.9. The number of carbonyl (C=O) groups excluding carboxylic acids is 2. The van der Waals surface area contributed by atoms with Crippen LogP contribution in [0.3, 0.4) is 0 Å². The molecule has 1 saturated carbocycles. The van der Waals surface area contributed by atoms with Crippen LogP contribution in [0.5, 0.6) is 0 Å². The van der Waals surface area contributed by atoms with Crippen LogP contribution in [0.4, 0.5) is 15.8 Å². The van der Waals surface area contributed by atoms with Gasteiger partial charge in [0.25, 0.3) is 0 Å². The Morgan fingerprint density at radius 2 is 1.72 bits per heavy atom. The summed E-state index contributed by atoms with van der Waals surface area (Å²) in [4.78, 5) is 24.5. The Morgan fingerprint density at radius 1 is 1.04 bits per heavy atom. The van der Waals surface area contributed by atoms with Crippen LogP contribution in [0, 0.1) is 11.7 Å². The highest BCUT2D eigenvalue weighted by Crippen LogP contribution is 2.31. The second-order valence-corrected chi connectivity index (χ2v) is 6.90. The summed E-state index contributed by atoms with van der Waals surface area (Å²) < 4.78 is 13.9. The molecule has 0 radical (unpaired) electrons. The molecule has 0 unspecified atom stereocenters. The average Bonchev–Trinajstić information content (AvgIpc) is 3.43. The van der Waals surface area contributed by atoms with E-state index < -0.39 is 11.2 Å². The first-order valence-corrected chi connectivity index (χ1v) is 8.35. The smallest absolute Gasteiger partial charge is 0.234 e. The third-order valence-corrected chi connectivity index (χ3v) is 4.49. The lowest BCUT2D eigenvalue weighted by Gasteiger charge is -2.24. The molecule has 2 aromatic carbocycles. The highest BCUT2D eigenvalue weighted by Gasteiger charge is 2.31. The molecule has 130 valence electrons. The van der Waals surface area contributed by atoms with E-state index in [4.69, 9.17) is 0 Å². The third kappa shape index (κ3) is 3.87. The zero-order chi connectivity index (χ0) is 18.0. The van der Waals surface area contributed by atoms with Crippen molar-refractivity contribution in [1.82, 2.24) is 0 Å². The third-order valence-electron chi connectivity index (χ3n) is 4.49. The summed E-state index contributed by atoms with van der Waals surface area (Å²) in [5.74, 6) is -0.916. The lowest BCUT2D eigenvalue weighted by molar-refractivity contribution is -0.120. The van der Waals surface area contributed by atoms with Gasteiger partial charge in [0.05, 0.1) is 11.1 Å². The minimum Gasteiger partial charge on any atom is -0.325 e. The minimum absolute atomic E-state index is 0.0188. The summed E-state index contributed by atoms with van der Waals surface area (Å²) in [6.07, 6.45) is 1.68. The normalized spacial score (nSPS) is 14.0.